The Morgan fingerprint density at radius 2 is 1.67 bits per heavy atom. The molecule has 0 nitrogen and oxygen atoms in total. The predicted octanol–water partition coefficient (Wildman–Crippen LogP) is 3.64. The molecule has 8 heteroatoms. The van der Waals surface area contributed by atoms with Crippen LogP contribution in [0.15, 0.2) is 0 Å². The van der Waals surface area contributed by atoms with E-state index >= 15 is 0 Å². The molecule has 0 heterocycles. The molecule has 0 fully saturated rings. The Morgan fingerprint density at radius 3 is 1.92 bits per heavy atom. The van der Waals surface area contributed by atoms with Gasteiger partial charge in [-0.25, -0.2) is 0 Å². The van der Waals surface area contributed by atoms with Gasteiger partial charge in [-0.15, -0.1) is 11.8 Å². The summed E-state index contributed by atoms with van der Waals surface area (Å²) in [7, 11) is 0. The molecule has 0 aliphatic rings. The van der Waals surface area contributed by atoms with E-state index in [0.717, 1.165) is 0 Å². The lowest BCUT2D eigenvalue weighted by Gasteiger charge is -2.15. The molecule has 73 valence electrons. The van der Waals surface area contributed by atoms with Crippen molar-refractivity contribution in [1.82, 2.24) is 0 Å². The standard InChI is InChI=1S/C4H3ClF5S2/c5-4(9,10)2(11)12-1-3(6,7)8/h2H,1H2. The molecule has 0 amide bonds. The third kappa shape index (κ3) is 6.19. The molecular weight excluding hydrogens is 243 g/mol. The molecule has 0 saturated heterocycles. The van der Waals surface area contributed by atoms with Gasteiger partial charge in [0.25, 0.3) is 0 Å². The summed E-state index contributed by atoms with van der Waals surface area (Å²) in [6, 6.07) is 0. The number of rotatable bonds is 3. The van der Waals surface area contributed by atoms with Crippen molar-refractivity contribution in [2.24, 2.45) is 0 Å². The van der Waals surface area contributed by atoms with Crippen LogP contribution in [-0.4, -0.2) is 21.9 Å². The van der Waals surface area contributed by atoms with E-state index in [1.54, 1.807) is 0 Å². The van der Waals surface area contributed by atoms with Gasteiger partial charge in [-0.2, -0.15) is 22.0 Å². The molecule has 0 aromatic rings. The van der Waals surface area contributed by atoms with E-state index < -0.39 is 21.9 Å². The van der Waals surface area contributed by atoms with E-state index in [2.05, 4.69) is 24.2 Å². The van der Waals surface area contributed by atoms with Crippen molar-refractivity contribution < 1.29 is 22.0 Å². The maximum absolute atomic E-state index is 12.0. The largest absolute Gasteiger partial charge is 0.397 e. The third-order valence-corrected chi connectivity index (χ3v) is 2.94. The molecule has 12 heavy (non-hydrogen) atoms. The van der Waals surface area contributed by atoms with Crippen molar-refractivity contribution in [1.29, 1.82) is 0 Å². The molecule has 0 aromatic heterocycles. The van der Waals surface area contributed by atoms with Crippen molar-refractivity contribution >= 4 is 36.0 Å². The van der Waals surface area contributed by atoms with E-state index in [0.29, 0.717) is 0 Å². The highest BCUT2D eigenvalue weighted by molar-refractivity contribution is 8.10. The lowest BCUT2D eigenvalue weighted by Crippen LogP contribution is -2.22. The first-order chi connectivity index (χ1) is 5.13. The quantitative estimate of drug-likeness (QED) is 0.540. The average molecular weight is 246 g/mol. The Morgan fingerprint density at radius 1 is 1.25 bits per heavy atom. The van der Waals surface area contributed by atoms with E-state index in [1.807, 2.05) is 0 Å². The second kappa shape index (κ2) is 4.23. The highest BCUT2D eigenvalue weighted by Crippen LogP contribution is 2.37. The average Bonchev–Trinajstić information content (AvgIpc) is 1.78. The fourth-order valence-electron chi connectivity index (χ4n) is 0.265. The van der Waals surface area contributed by atoms with E-state index in [-0.39, 0.29) is 11.8 Å². The van der Waals surface area contributed by atoms with Crippen LogP contribution in [-0.2, 0) is 0 Å². The van der Waals surface area contributed by atoms with Crippen LogP contribution in [0.4, 0.5) is 22.0 Å². The maximum Gasteiger partial charge on any atom is 0.397 e. The van der Waals surface area contributed by atoms with E-state index in [1.165, 1.54) is 0 Å². The van der Waals surface area contributed by atoms with Crippen LogP contribution >= 0.6 is 36.0 Å². The van der Waals surface area contributed by atoms with Crippen LogP contribution in [0, 0.1) is 0 Å². The van der Waals surface area contributed by atoms with Gasteiger partial charge >= 0.3 is 11.6 Å². The Balaban J connectivity index is 3.80. The molecule has 1 radical (unpaired) electrons. The SMILES string of the molecule is FC(F)(F)CSC([S])C(F)(F)Cl. The van der Waals surface area contributed by atoms with Crippen LogP contribution in [0.1, 0.15) is 0 Å². The first-order valence-electron chi connectivity index (χ1n) is 2.54. The van der Waals surface area contributed by atoms with Gasteiger partial charge in [0, 0.05) is 0 Å². The van der Waals surface area contributed by atoms with Crippen molar-refractivity contribution in [2.75, 3.05) is 5.75 Å². The predicted molar refractivity (Wildman–Crippen MR) is 40.7 cm³/mol. The van der Waals surface area contributed by atoms with Gasteiger partial charge in [0.15, 0.2) is 0 Å². The Labute approximate surface area is 80.2 Å². The molecule has 0 saturated carbocycles. The van der Waals surface area contributed by atoms with Gasteiger partial charge in [0.1, 0.15) is 4.58 Å². The van der Waals surface area contributed by atoms with Gasteiger partial charge in [-0.05, 0) is 11.6 Å². The van der Waals surface area contributed by atoms with Crippen molar-refractivity contribution in [3.8, 4) is 0 Å². The number of hydrogen-bond donors (Lipinski definition) is 0. The lowest BCUT2D eigenvalue weighted by molar-refractivity contribution is -0.105. The summed E-state index contributed by atoms with van der Waals surface area (Å²) < 4.78 is 56.3. The molecule has 0 N–H and O–H groups in total. The summed E-state index contributed by atoms with van der Waals surface area (Å²) in [5.74, 6) is -1.41. The highest BCUT2D eigenvalue weighted by Gasteiger charge is 2.39. The van der Waals surface area contributed by atoms with Crippen LogP contribution in [0.5, 0.6) is 0 Å². The fourth-order valence-corrected chi connectivity index (χ4v) is 1.19. The Hall–Kier alpha value is 0.640. The van der Waals surface area contributed by atoms with Crippen LogP contribution < -0.4 is 0 Å². The van der Waals surface area contributed by atoms with Crippen LogP contribution in [0.2, 0.25) is 0 Å². The highest BCUT2D eigenvalue weighted by atomic mass is 35.5. The summed E-state index contributed by atoms with van der Waals surface area (Å²) in [6.07, 6.45) is -4.50. The summed E-state index contributed by atoms with van der Waals surface area (Å²) in [4.78, 5) is 0. The smallest absolute Gasteiger partial charge is 0.186 e. The van der Waals surface area contributed by atoms with E-state index in [4.69, 9.17) is 0 Å². The van der Waals surface area contributed by atoms with Gasteiger partial charge < -0.3 is 0 Å². The monoisotopic (exact) mass is 245 g/mol. The zero-order chi connectivity index (χ0) is 9.99. The lowest BCUT2D eigenvalue weighted by atomic mass is 10.8. The topological polar surface area (TPSA) is 0 Å². The van der Waals surface area contributed by atoms with E-state index in [9.17, 15) is 22.0 Å². The number of alkyl halides is 6. The third-order valence-electron chi connectivity index (χ3n) is 0.666. The molecule has 0 rings (SSSR count). The Kier molecular flexibility index (Phi) is 4.46. The fraction of sp³-hybridized carbons (Fsp3) is 1.00. The zero-order valence-electron chi connectivity index (χ0n) is 5.37. The van der Waals surface area contributed by atoms with Crippen molar-refractivity contribution in [3.05, 3.63) is 0 Å². The van der Waals surface area contributed by atoms with Crippen molar-refractivity contribution in [2.45, 2.75) is 16.1 Å². The molecule has 0 bridgehead atoms. The van der Waals surface area contributed by atoms with Gasteiger partial charge in [0.05, 0.1) is 5.75 Å². The number of halogens is 6. The van der Waals surface area contributed by atoms with Crippen LogP contribution in [0.25, 0.3) is 0 Å². The molecular formula is C4H3ClF5S2. The number of thioether (sulfide) groups is 1. The second-order valence-corrected chi connectivity index (χ2v) is 4.17. The minimum absolute atomic E-state index is 0.102. The maximum atomic E-state index is 12.0. The molecule has 0 aliphatic heterocycles. The van der Waals surface area contributed by atoms with Crippen LogP contribution in [0.3, 0.4) is 0 Å². The summed E-state index contributed by atoms with van der Waals surface area (Å²) in [5.41, 5.74) is 0. The second-order valence-electron chi connectivity index (χ2n) is 1.80. The van der Waals surface area contributed by atoms with Crippen molar-refractivity contribution in [3.63, 3.8) is 0 Å². The first-order valence-corrected chi connectivity index (χ1v) is 4.43. The summed E-state index contributed by atoms with van der Waals surface area (Å²) >= 11 is 8.31. The minimum atomic E-state index is -4.50. The zero-order valence-corrected chi connectivity index (χ0v) is 7.76. The molecule has 0 spiro atoms. The normalized spacial score (nSPS) is 16.2. The summed E-state index contributed by atoms with van der Waals surface area (Å²) in [5, 5.41) is -3.77. The first kappa shape index (κ1) is 12.6. The molecule has 0 aliphatic carbocycles. The molecule has 0 aromatic carbocycles. The summed E-state index contributed by atoms with van der Waals surface area (Å²) in [6.45, 7) is 0. The molecule has 1 atom stereocenters. The number of hydrogen-bond acceptors (Lipinski definition) is 1. The Bertz CT molecular complexity index is 141. The van der Waals surface area contributed by atoms with Gasteiger partial charge in [0.2, 0.25) is 0 Å². The van der Waals surface area contributed by atoms with Gasteiger partial charge in [-0.1, -0.05) is 12.6 Å². The van der Waals surface area contributed by atoms with Gasteiger partial charge in [-0.3, -0.25) is 0 Å². The molecule has 1 unspecified atom stereocenters. The minimum Gasteiger partial charge on any atom is -0.186 e.